The average molecular weight is 768 g/mol. The Bertz CT molecular complexity index is 2670. The van der Waals surface area contributed by atoms with Crippen LogP contribution >= 0.6 is 0 Å². The van der Waals surface area contributed by atoms with Gasteiger partial charge in [0.05, 0.1) is 0 Å². The molecule has 0 bridgehead atoms. The molecule has 2 heterocycles. The zero-order valence-corrected chi connectivity index (χ0v) is 35.4. The van der Waals surface area contributed by atoms with Gasteiger partial charge in [-0.05, 0) is 70.2 Å². The molecule has 0 spiro atoms. The molecule has 0 aromatic heterocycles. The summed E-state index contributed by atoms with van der Waals surface area (Å²) in [4.78, 5) is 0. The molecule has 55 heavy (non-hydrogen) atoms. The molecule has 2 aliphatic heterocycles. The molecular weight excluding hydrogens is 717 g/mol. The van der Waals surface area contributed by atoms with Crippen LogP contribution < -0.4 is 51.0 Å². The lowest BCUT2D eigenvalue weighted by Gasteiger charge is -2.40. The van der Waals surface area contributed by atoms with E-state index >= 15 is 0 Å². The highest BCUT2D eigenvalue weighted by atomic mass is 28.3. The van der Waals surface area contributed by atoms with Crippen molar-refractivity contribution in [3.8, 4) is 34.1 Å². The molecule has 7 aromatic rings. The fourth-order valence-electron chi connectivity index (χ4n) is 9.24. The Hall–Kier alpha value is -5.21. The van der Waals surface area contributed by atoms with Gasteiger partial charge in [-0.3, -0.25) is 0 Å². The van der Waals surface area contributed by atoms with Crippen LogP contribution in [0.1, 0.15) is 30.4 Å². The summed E-state index contributed by atoms with van der Waals surface area (Å²) in [5.41, 5.74) is 2.89. The van der Waals surface area contributed by atoms with Crippen LogP contribution in [0.4, 0.5) is 0 Å². The Labute approximate surface area is 333 Å². The first-order valence-electron chi connectivity index (χ1n) is 20.8. The molecule has 7 aromatic carbocycles. The molecule has 0 N–H and O–H groups in total. The second-order valence-electron chi connectivity index (χ2n) is 16.8. The lowest BCUT2D eigenvalue weighted by Crippen LogP contribution is -2.75. The van der Waals surface area contributed by atoms with Gasteiger partial charge in [0.2, 0.25) is 0 Å². The SMILES string of the molecule is [2H]C([2H])([2H])[Si]1(C)c2ccccc2Oc2c(-c3cc([Si](c4ccccc4)(c4ccccc4)c4cccc5c4Oc4ccccc4[Si]5(C)C)ccc3C(C)(C)C)cccc21. The van der Waals surface area contributed by atoms with E-state index in [0.29, 0.717) is 11.5 Å². The molecule has 1 unspecified atom stereocenters. The summed E-state index contributed by atoms with van der Waals surface area (Å²) >= 11 is 0. The highest BCUT2D eigenvalue weighted by molar-refractivity contribution is 7.20. The maximum atomic E-state index is 8.99. The predicted octanol–water partition coefficient (Wildman–Crippen LogP) is 7.89. The van der Waals surface area contributed by atoms with Crippen molar-refractivity contribution < 1.29 is 13.6 Å². The first-order chi connectivity index (χ1) is 27.7. The summed E-state index contributed by atoms with van der Waals surface area (Å²) < 4.78 is 41.0. The maximum absolute atomic E-state index is 8.99. The van der Waals surface area contributed by atoms with E-state index < -0.39 is 30.7 Å². The van der Waals surface area contributed by atoms with Crippen LogP contribution in [-0.4, -0.2) is 24.2 Å². The standard InChI is InChI=1S/C50H48O2Si3/c1-50(2,3)40-33-32-37(34-39(40)38-24-18-29-45-48(38)51-41-25-14-16-27-43(41)53(45,4)5)55(35-20-10-8-11-21-35,36-22-12-9-13-23-36)47-31-19-30-46-49(47)52-42-26-15-17-28-44(42)54(46,6)7/h8-34H,1-7H3/i4D3. The number of fused-ring (bicyclic) bond motifs is 4. The first kappa shape index (κ1) is 32.1. The van der Waals surface area contributed by atoms with E-state index in [2.05, 4.69) is 161 Å². The normalized spacial score (nSPS) is 17.8. The van der Waals surface area contributed by atoms with Crippen molar-refractivity contribution in [2.24, 2.45) is 0 Å². The van der Waals surface area contributed by atoms with Gasteiger partial charge in [-0.15, -0.1) is 0 Å². The van der Waals surface area contributed by atoms with Crippen molar-refractivity contribution >= 4 is 65.7 Å². The first-order valence-corrected chi connectivity index (χ1v) is 26.8. The van der Waals surface area contributed by atoms with Crippen molar-refractivity contribution in [3.05, 3.63) is 169 Å². The molecule has 2 aliphatic rings. The van der Waals surface area contributed by atoms with Crippen molar-refractivity contribution in [3.63, 3.8) is 0 Å². The molecule has 0 radical (unpaired) electrons. The Morgan fingerprint density at radius 3 is 1.58 bits per heavy atom. The fraction of sp³-hybridized carbons (Fsp3) is 0.160. The zero-order chi connectivity index (χ0) is 40.7. The maximum Gasteiger partial charge on any atom is 0.183 e. The minimum absolute atomic E-state index is 0.244. The van der Waals surface area contributed by atoms with Crippen LogP contribution in [0.25, 0.3) is 11.1 Å². The molecule has 0 fully saturated rings. The van der Waals surface area contributed by atoms with Gasteiger partial charge in [-0.25, -0.2) is 0 Å². The topological polar surface area (TPSA) is 18.5 Å². The number of rotatable bonds is 5. The van der Waals surface area contributed by atoms with Crippen molar-refractivity contribution in [2.75, 3.05) is 0 Å². The quantitative estimate of drug-likeness (QED) is 0.131. The van der Waals surface area contributed by atoms with E-state index in [0.717, 1.165) is 33.0 Å². The van der Waals surface area contributed by atoms with Gasteiger partial charge in [-0.2, -0.15) is 0 Å². The molecular formula is C50H48O2Si3. The minimum Gasteiger partial charge on any atom is -0.458 e. The van der Waals surface area contributed by atoms with E-state index in [4.69, 9.17) is 13.6 Å². The summed E-state index contributed by atoms with van der Waals surface area (Å²) in [6.45, 7) is 11.4. The number of para-hydroxylation sites is 4. The van der Waals surface area contributed by atoms with E-state index in [1.54, 1.807) is 0 Å². The molecule has 1 atom stereocenters. The van der Waals surface area contributed by atoms with Gasteiger partial charge in [0.25, 0.3) is 0 Å². The van der Waals surface area contributed by atoms with Gasteiger partial charge in [-0.1, -0.05) is 199 Å². The molecule has 9 rings (SSSR count). The van der Waals surface area contributed by atoms with E-state index in [1.807, 2.05) is 42.9 Å². The Balaban J connectivity index is 1.39. The number of hydrogen-bond acceptors (Lipinski definition) is 2. The summed E-state index contributed by atoms with van der Waals surface area (Å²) in [6.07, 6.45) is 0. The van der Waals surface area contributed by atoms with Gasteiger partial charge < -0.3 is 9.47 Å². The molecule has 0 saturated carbocycles. The van der Waals surface area contributed by atoms with Crippen molar-refractivity contribution in [1.82, 2.24) is 0 Å². The van der Waals surface area contributed by atoms with Crippen LogP contribution in [0.15, 0.2) is 164 Å². The van der Waals surface area contributed by atoms with Crippen LogP contribution in [0, 0.1) is 0 Å². The van der Waals surface area contributed by atoms with Crippen molar-refractivity contribution in [2.45, 2.75) is 52.3 Å². The lowest BCUT2D eigenvalue weighted by atomic mass is 9.81. The molecule has 0 aliphatic carbocycles. The van der Waals surface area contributed by atoms with Crippen LogP contribution in [0.5, 0.6) is 23.0 Å². The third kappa shape index (κ3) is 5.47. The van der Waals surface area contributed by atoms with E-state index in [-0.39, 0.29) is 5.41 Å². The Kier molecular flexibility index (Phi) is 7.55. The lowest BCUT2D eigenvalue weighted by molar-refractivity contribution is 0.488. The third-order valence-corrected chi connectivity index (χ3v) is 23.3. The van der Waals surface area contributed by atoms with Crippen LogP contribution in [0.3, 0.4) is 0 Å². The average Bonchev–Trinajstić information content (AvgIpc) is 3.21. The van der Waals surface area contributed by atoms with E-state index in [9.17, 15) is 0 Å². The smallest absolute Gasteiger partial charge is 0.183 e. The summed E-state index contributed by atoms with van der Waals surface area (Å²) in [5, 5.41) is 9.18. The minimum atomic E-state index is -3.30. The highest BCUT2D eigenvalue weighted by Crippen LogP contribution is 2.41. The monoisotopic (exact) mass is 767 g/mol. The van der Waals surface area contributed by atoms with Crippen LogP contribution in [-0.2, 0) is 5.41 Å². The third-order valence-electron chi connectivity index (χ3n) is 12.0. The van der Waals surface area contributed by atoms with Crippen LogP contribution in [0.2, 0.25) is 26.1 Å². The van der Waals surface area contributed by atoms with E-state index in [1.165, 1.54) is 36.7 Å². The predicted molar refractivity (Wildman–Crippen MR) is 241 cm³/mol. The summed E-state index contributed by atoms with van der Waals surface area (Å²) in [5.74, 6) is 3.22. The second kappa shape index (κ2) is 12.9. The van der Waals surface area contributed by atoms with Gasteiger partial charge in [0.1, 0.15) is 39.1 Å². The Morgan fingerprint density at radius 2 is 0.982 bits per heavy atom. The summed E-state index contributed by atoms with van der Waals surface area (Å²) in [6, 6.07) is 58.5. The highest BCUT2D eigenvalue weighted by Gasteiger charge is 2.48. The number of ether oxygens (including phenoxy) is 2. The van der Waals surface area contributed by atoms with Gasteiger partial charge >= 0.3 is 0 Å². The zero-order valence-electron chi connectivity index (χ0n) is 35.4. The molecule has 0 saturated heterocycles. The number of hydrogen-bond donors (Lipinski definition) is 0. The molecule has 0 amide bonds. The fourth-order valence-corrected chi connectivity index (χ4v) is 19.5. The summed E-state index contributed by atoms with van der Waals surface area (Å²) in [7, 11) is -8.67. The largest absolute Gasteiger partial charge is 0.458 e. The Morgan fingerprint density at radius 1 is 0.473 bits per heavy atom. The van der Waals surface area contributed by atoms with Gasteiger partial charge in [0.15, 0.2) is 8.07 Å². The van der Waals surface area contributed by atoms with Gasteiger partial charge in [0, 0.05) is 9.68 Å². The molecule has 5 heteroatoms. The molecule has 2 nitrogen and oxygen atoms in total. The van der Waals surface area contributed by atoms with Crippen molar-refractivity contribution in [1.29, 1.82) is 0 Å². The molecule has 272 valence electrons. The second-order valence-corrected chi connectivity index (χ2v) is 28.2. The number of benzene rings is 7.